The highest BCUT2D eigenvalue weighted by atomic mass is 35.5. The number of nitrogens with zero attached hydrogens (tertiary/aromatic N) is 4. The molecule has 0 N–H and O–H groups in total. The molecule has 3 aromatic heterocycles. The summed E-state index contributed by atoms with van der Waals surface area (Å²) in [7, 11) is 0. The predicted octanol–water partition coefficient (Wildman–Crippen LogP) is 5.62. The molecule has 0 aliphatic carbocycles. The van der Waals surface area contributed by atoms with Crippen molar-refractivity contribution in [1.29, 1.82) is 0 Å². The fraction of sp³-hybridized carbons (Fsp3) is 0.105. The molecule has 0 spiro atoms. The van der Waals surface area contributed by atoms with Gasteiger partial charge in [-0.1, -0.05) is 41.0 Å². The number of halogens is 2. The van der Waals surface area contributed by atoms with Crippen molar-refractivity contribution in [2.75, 3.05) is 6.26 Å². The Morgan fingerprint density at radius 1 is 1.17 bits per heavy atom. The Bertz CT molecular complexity index is 1140. The number of hydrogen-bond donors (Lipinski definition) is 0. The first-order chi connectivity index (χ1) is 14.2. The van der Waals surface area contributed by atoms with E-state index in [4.69, 9.17) is 36.8 Å². The van der Waals surface area contributed by atoms with E-state index in [0.29, 0.717) is 44.1 Å². The van der Waals surface area contributed by atoms with Gasteiger partial charge in [-0.3, -0.25) is 0 Å². The van der Waals surface area contributed by atoms with Gasteiger partial charge in [-0.25, -0.2) is 0 Å². The van der Waals surface area contributed by atoms with Crippen molar-refractivity contribution >= 4 is 41.2 Å². The lowest BCUT2D eigenvalue weighted by molar-refractivity contribution is 0.270. The Hall–Kier alpha value is -2.68. The summed E-state index contributed by atoms with van der Waals surface area (Å²) >= 11 is 13.5. The summed E-state index contributed by atoms with van der Waals surface area (Å²) in [5.74, 6) is 2.72. The van der Waals surface area contributed by atoms with E-state index in [1.165, 1.54) is 11.8 Å². The number of ether oxygens (including phenoxy) is 1. The molecule has 0 saturated carbocycles. The van der Waals surface area contributed by atoms with Crippen molar-refractivity contribution in [2.24, 2.45) is 5.10 Å². The van der Waals surface area contributed by atoms with Gasteiger partial charge in [0.15, 0.2) is 5.76 Å². The van der Waals surface area contributed by atoms with E-state index in [1.807, 2.05) is 6.26 Å². The third kappa shape index (κ3) is 4.34. The van der Waals surface area contributed by atoms with Gasteiger partial charge in [-0.15, -0.1) is 10.2 Å². The zero-order chi connectivity index (χ0) is 20.2. The number of furan rings is 2. The fourth-order valence-corrected chi connectivity index (χ4v) is 3.23. The zero-order valence-electron chi connectivity index (χ0n) is 15.1. The molecule has 0 radical (unpaired) electrons. The van der Waals surface area contributed by atoms with Gasteiger partial charge in [0.05, 0.1) is 17.5 Å². The molecule has 0 fully saturated rings. The SMILES string of the molecule is CSc1nnc(-c2ccco2)n1N=Cc1ccc(COc2cccc(Cl)c2Cl)o1. The van der Waals surface area contributed by atoms with Crippen LogP contribution in [0.5, 0.6) is 5.75 Å². The lowest BCUT2D eigenvalue weighted by Gasteiger charge is -2.06. The lowest BCUT2D eigenvalue weighted by Crippen LogP contribution is -1.96. The maximum absolute atomic E-state index is 6.12. The van der Waals surface area contributed by atoms with Crippen LogP contribution in [0.15, 0.2) is 67.8 Å². The molecule has 0 unspecified atom stereocenters. The van der Waals surface area contributed by atoms with E-state index in [0.717, 1.165) is 0 Å². The van der Waals surface area contributed by atoms with Crippen molar-refractivity contribution in [2.45, 2.75) is 11.8 Å². The molecule has 29 heavy (non-hydrogen) atoms. The lowest BCUT2D eigenvalue weighted by atomic mass is 10.3. The molecule has 4 aromatic rings. The van der Waals surface area contributed by atoms with Gasteiger partial charge in [0.25, 0.3) is 0 Å². The smallest absolute Gasteiger partial charge is 0.221 e. The quantitative estimate of drug-likeness (QED) is 0.269. The number of thioether (sulfide) groups is 1. The molecule has 0 amide bonds. The summed E-state index contributed by atoms with van der Waals surface area (Å²) in [6.07, 6.45) is 5.04. The van der Waals surface area contributed by atoms with Gasteiger partial charge in [0.1, 0.15) is 28.9 Å². The number of benzene rings is 1. The van der Waals surface area contributed by atoms with Crippen LogP contribution in [0.1, 0.15) is 11.5 Å². The Kier molecular flexibility index (Phi) is 5.94. The topological polar surface area (TPSA) is 78.6 Å². The van der Waals surface area contributed by atoms with Gasteiger partial charge in [0.2, 0.25) is 11.0 Å². The molecule has 10 heteroatoms. The molecule has 0 saturated heterocycles. The van der Waals surface area contributed by atoms with E-state index in [2.05, 4.69) is 15.3 Å². The van der Waals surface area contributed by atoms with Crippen LogP contribution < -0.4 is 4.74 Å². The second-order valence-corrected chi connectivity index (χ2v) is 7.25. The second-order valence-electron chi connectivity index (χ2n) is 5.69. The molecule has 1 aromatic carbocycles. The minimum absolute atomic E-state index is 0.203. The van der Waals surface area contributed by atoms with Crippen LogP contribution in [0.2, 0.25) is 10.0 Å². The third-order valence-corrected chi connectivity index (χ3v) is 5.23. The second kappa shape index (κ2) is 8.77. The predicted molar refractivity (Wildman–Crippen MR) is 112 cm³/mol. The Morgan fingerprint density at radius 2 is 2.07 bits per heavy atom. The van der Waals surface area contributed by atoms with Crippen LogP contribution in [-0.4, -0.2) is 27.3 Å². The van der Waals surface area contributed by atoms with E-state index in [9.17, 15) is 0 Å². The number of hydrogen-bond acceptors (Lipinski definition) is 7. The van der Waals surface area contributed by atoms with Crippen molar-refractivity contribution in [1.82, 2.24) is 14.9 Å². The Labute approximate surface area is 180 Å². The van der Waals surface area contributed by atoms with Crippen molar-refractivity contribution in [3.63, 3.8) is 0 Å². The summed E-state index contributed by atoms with van der Waals surface area (Å²) in [5.41, 5.74) is 0. The Morgan fingerprint density at radius 3 is 2.86 bits per heavy atom. The molecule has 0 aliphatic rings. The first-order valence-electron chi connectivity index (χ1n) is 8.39. The van der Waals surface area contributed by atoms with Gasteiger partial charge >= 0.3 is 0 Å². The highest BCUT2D eigenvalue weighted by Crippen LogP contribution is 2.32. The summed E-state index contributed by atoms with van der Waals surface area (Å²) < 4.78 is 18.4. The summed E-state index contributed by atoms with van der Waals surface area (Å²) in [6.45, 7) is 0.203. The standard InChI is InChI=1S/C19H14Cl2N4O3S/c1-29-19-24-23-18(16-6-3-9-26-16)25(19)22-10-12-7-8-13(28-12)11-27-15-5-2-4-14(20)17(15)21/h2-10H,11H2,1H3. The first kappa shape index (κ1) is 19.6. The third-order valence-electron chi connectivity index (χ3n) is 3.81. The van der Waals surface area contributed by atoms with E-state index in [1.54, 1.807) is 59.6 Å². The number of aromatic nitrogens is 3. The highest BCUT2D eigenvalue weighted by Gasteiger charge is 2.15. The molecule has 148 valence electrons. The molecular formula is C19H14Cl2N4O3S. The van der Waals surface area contributed by atoms with E-state index >= 15 is 0 Å². The van der Waals surface area contributed by atoms with E-state index < -0.39 is 0 Å². The first-order valence-corrected chi connectivity index (χ1v) is 10.4. The monoisotopic (exact) mass is 448 g/mol. The normalized spacial score (nSPS) is 11.4. The van der Waals surface area contributed by atoms with Gasteiger partial charge < -0.3 is 13.6 Å². The average Bonchev–Trinajstić information content (AvgIpc) is 3.47. The molecular weight excluding hydrogens is 435 g/mol. The van der Waals surface area contributed by atoms with Crippen molar-refractivity contribution in [3.05, 3.63) is 70.3 Å². The van der Waals surface area contributed by atoms with E-state index in [-0.39, 0.29) is 6.61 Å². The van der Waals surface area contributed by atoms with Gasteiger partial charge in [-0.05, 0) is 42.7 Å². The molecule has 4 rings (SSSR count). The molecule has 0 atom stereocenters. The maximum atomic E-state index is 6.12. The summed E-state index contributed by atoms with van der Waals surface area (Å²) in [4.78, 5) is 0. The number of rotatable bonds is 7. The summed E-state index contributed by atoms with van der Waals surface area (Å²) in [6, 6.07) is 12.4. The largest absolute Gasteiger partial charge is 0.484 e. The van der Waals surface area contributed by atoms with Crippen LogP contribution in [0.4, 0.5) is 0 Å². The molecule has 0 bridgehead atoms. The van der Waals surface area contributed by atoms with Crippen LogP contribution in [0.3, 0.4) is 0 Å². The summed E-state index contributed by atoms with van der Waals surface area (Å²) in [5, 5.41) is 14.1. The van der Waals surface area contributed by atoms with Crippen molar-refractivity contribution < 1.29 is 13.6 Å². The Balaban J connectivity index is 1.49. The van der Waals surface area contributed by atoms with Crippen molar-refractivity contribution in [3.8, 4) is 17.3 Å². The fourth-order valence-electron chi connectivity index (χ4n) is 2.46. The van der Waals surface area contributed by atoms with Crippen LogP contribution in [0.25, 0.3) is 11.6 Å². The van der Waals surface area contributed by atoms with Crippen LogP contribution >= 0.6 is 35.0 Å². The molecule has 7 nitrogen and oxygen atoms in total. The zero-order valence-corrected chi connectivity index (χ0v) is 17.4. The molecule has 3 heterocycles. The molecule has 0 aliphatic heterocycles. The maximum Gasteiger partial charge on any atom is 0.221 e. The van der Waals surface area contributed by atoms with Gasteiger partial charge in [-0.2, -0.15) is 9.78 Å². The van der Waals surface area contributed by atoms with Crippen LogP contribution in [-0.2, 0) is 6.61 Å². The highest BCUT2D eigenvalue weighted by molar-refractivity contribution is 7.98. The minimum Gasteiger partial charge on any atom is -0.484 e. The minimum atomic E-state index is 0.203. The van der Waals surface area contributed by atoms with Gasteiger partial charge in [0, 0.05) is 0 Å². The van der Waals surface area contributed by atoms with Crippen LogP contribution in [0, 0.1) is 0 Å². The average molecular weight is 449 g/mol.